The second-order valence-electron chi connectivity index (χ2n) is 4.77. The van der Waals surface area contributed by atoms with Crippen molar-refractivity contribution in [2.75, 3.05) is 32.0 Å². The fourth-order valence-corrected chi connectivity index (χ4v) is 2.21. The van der Waals surface area contributed by atoms with Gasteiger partial charge in [0.2, 0.25) is 0 Å². The van der Waals surface area contributed by atoms with Crippen LogP contribution in [0.15, 0.2) is 18.2 Å². The summed E-state index contributed by atoms with van der Waals surface area (Å²) in [5, 5.41) is 0. The Labute approximate surface area is 104 Å². The van der Waals surface area contributed by atoms with Crippen molar-refractivity contribution < 1.29 is 4.74 Å². The zero-order valence-electron chi connectivity index (χ0n) is 10.6. The van der Waals surface area contributed by atoms with Gasteiger partial charge in [0.15, 0.2) is 0 Å². The lowest BCUT2D eigenvalue weighted by molar-refractivity contribution is 0.183. The third kappa shape index (κ3) is 3.63. The summed E-state index contributed by atoms with van der Waals surface area (Å²) in [7, 11) is 0. The molecule has 1 saturated heterocycles. The van der Waals surface area contributed by atoms with Gasteiger partial charge in [0.05, 0.1) is 0 Å². The summed E-state index contributed by atoms with van der Waals surface area (Å²) < 4.78 is 5.75. The van der Waals surface area contributed by atoms with Gasteiger partial charge in [-0.2, -0.15) is 0 Å². The molecule has 2 N–H and O–H groups in total. The minimum absolute atomic E-state index is 0.767. The number of hydrogen-bond acceptors (Lipinski definition) is 3. The molecular weight excluding hydrogens is 212 g/mol. The lowest BCUT2D eigenvalue weighted by Gasteiger charge is -2.26. The van der Waals surface area contributed by atoms with Crippen molar-refractivity contribution in [3.8, 4) is 5.75 Å². The second kappa shape index (κ2) is 5.92. The Morgan fingerprint density at radius 2 is 2.00 bits per heavy atom. The predicted octanol–water partition coefficient (Wildman–Crippen LogP) is 2.44. The molecule has 0 bridgehead atoms. The number of likely N-dealkylation sites (tertiary alicyclic amines) is 1. The highest BCUT2D eigenvalue weighted by atomic mass is 16.5. The van der Waals surface area contributed by atoms with Gasteiger partial charge in [0.25, 0.3) is 0 Å². The summed E-state index contributed by atoms with van der Waals surface area (Å²) in [4.78, 5) is 2.48. The Balaban J connectivity index is 1.75. The number of piperidine rings is 1. The highest BCUT2D eigenvalue weighted by Gasteiger charge is 2.09. The molecule has 94 valence electrons. The number of anilines is 1. The smallest absolute Gasteiger partial charge is 0.119 e. The molecule has 0 saturated carbocycles. The van der Waals surface area contributed by atoms with Crippen molar-refractivity contribution in [3.63, 3.8) is 0 Å². The van der Waals surface area contributed by atoms with Crippen LogP contribution in [0.4, 0.5) is 5.69 Å². The molecule has 1 heterocycles. The second-order valence-corrected chi connectivity index (χ2v) is 4.77. The highest BCUT2D eigenvalue weighted by molar-refractivity contribution is 5.49. The Kier molecular flexibility index (Phi) is 4.26. The Hall–Kier alpha value is -1.22. The first kappa shape index (κ1) is 12.2. The molecule has 1 aromatic carbocycles. The summed E-state index contributed by atoms with van der Waals surface area (Å²) in [6.45, 7) is 6.26. The van der Waals surface area contributed by atoms with Crippen LogP contribution < -0.4 is 10.5 Å². The first-order chi connectivity index (χ1) is 8.25. The maximum Gasteiger partial charge on any atom is 0.119 e. The number of aryl methyl sites for hydroxylation is 1. The Morgan fingerprint density at radius 1 is 1.24 bits per heavy atom. The fourth-order valence-electron chi connectivity index (χ4n) is 2.21. The van der Waals surface area contributed by atoms with E-state index < -0.39 is 0 Å². The first-order valence-corrected chi connectivity index (χ1v) is 6.47. The van der Waals surface area contributed by atoms with Crippen molar-refractivity contribution in [3.05, 3.63) is 23.8 Å². The molecule has 2 rings (SSSR count). The van der Waals surface area contributed by atoms with E-state index in [4.69, 9.17) is 10.5 Å². The van der Waals surface area contributed by atoms with E-state index in [2.05, 4.69) is 4.90 Å². The predicted molar refractivity (Wildman–Crippen MR) is 71.4 cm³/mol. The maximum absolute atomic E-state index is 5.77. The standard InChI is InChI=1S/C14H22N2O/c1-12-11-13(5-6-14(12)15)17-10-9-16-7-3-2-4-8-16/h5-6,11H,2-4,7-10,15H2,1H3. The Morgan fingerprint density at radius 3 is 2.71 bits per heavy atom. The zero-order chi connectivity index (χ0) is 12.1. The van der Waals surface area contributed by atoms with Crippen LogP contribution in [0.25, 0.3) is 0 Å². The minimum atomic E-state index is 0.767. The van der Waals surface area contributed by atoms with Crippen LogP contribution in [-0.2, 0) is 0 Å². The molecule has 3 nitrogen and oxygen atoms in total. The monoisotopic (exact) mass is 234 g/mol. The molecule has 0 amide bonds. The van der Waals surface area contributed by atoms with E-state index in [1.165, 1.54) is 32.4 Å². The minimum Gasteiger partial charge on any atom is -0.492 e. The van der Waals surface area contributed by atoms with Crippen molar-refractivity contribution >= 4 is 5.69 Å². The zero-order valence-corrected chi connectivity index (χ0v) is 10.6. The SMILES string of the molecule is Cc1cc(OCCN2CCCCC2)ccc1N. The number of nitrogens with two attached hydrogens (primary N) is 1. The topological polar surface area (TPSA) is 38.5 Å². The van der Waals surface area contributed by atoms with E-state index in [-0.39, 0.29) is 0 Å². The van der Waals surface area contributed by atoms with E-state index in [1.54, 1.807) is 0 Å². The summed E-state index contributed by atoms with van der Waals surface area (Å²) in [6.07, 6.45) is 4.05. The Bertz CT molecular complexity index is 359. The molecule has 0 radical (unpaired) electrons. The van der Waals surface area contributed by atoms with Gasteiger partial charge in [0.1, 0.15) is 12.4 Å². The van der Waals surface area contributed by atoms with E-state index >= 15 is 0 Å². The van der Waals surface area contributed by atoms with Crippen molar-refractivity contribution in [2.45, 2.75) is 26.2 Å². The van der Waals surface area contributed by atoms with E-state index in [0.29, 0.717) is 0 Å². The highest BCUT2D eigenvalue weighted by Crippen LogP contribution is 2.18. The number of hydrogen-bond donors (Lipinski definition) is 1. The lowest BCUT2D eigenvalue weighted by atomic mass is 10.1. The largest absolute Gasteiger partial charge is 0.492 e. The van der Waals surface area contributed by atoms with Gasteiger partial charge in [-0.25, -0.2) is 0 Å². The van der Waals surface area contributed by atoms with Crippen LogP contribution in [0.3, 0.4) is 0 Å². The average molecular weight is 234 g/mol. The summed E-state index contributed by atoms with van der Waals surface area (Å²) >= 11 is 0. The number of nitrogen functional groups attached to an aromatic ring is 1. The fraction of sp³-hybridized carbons (Fsp3) is 0.571. The van der Waals surface area contributed by atoms with E-state index in [9.17, 15) is 0 Å². The molecule has 1 fully saturated rings. The van der Waals surface area contributed by atoms with Gasteiger partial charge in [-0.15, -0.1) is 0 Å². The summed E-state index contributed by atoms with van der Waals surface area (Å²) in [5.74, 6) is 0.925. The number of ether oxygens (including phenoxy) is 1. The molecule has 3 heteroatoms. The summed E-state index contributed by atoms with van der Waals surface area (Å²) in [6, 6.07) is 5.86. The molecule has 1 aromatic rings. The quantitative estimate of drug-likeness (QED) is 0.813. The van der Waals surface area contributed by atoms with Gasteiger partial charge in [-0.1, -0.05) is 6.42 Å². The van der Waals surface area contributed by atoms with Crippen molar-refractivity contribution in [2.24, 2.45) is 0 Å². The van der Waals surface area contributed by atoms with E-state index in [0.717, 1.165) is 30.2 Å². The molecule has 0 spiro atoms. The molecule has 0 aromatic heterocycles. The number of benzene rings is 1. The average Bonchev–Trinajstić information content (AvgIpc) is 2.35. The molecule has 1 aliphatic rings. The first-order valence-electron chi connectivity index (χ1n) is 6.47. The molecule has 0 aliphatic carbocycles. The third-order valence-electron chi connectivity index (χ3n) is 3.37. The molecule has 1 aliphatic heterocycles. The number of rotatable bonds is 4. The maximum atomic E-state index is 5.77. The molecule has 0 atom stereocenters. The van der Waals surface area contributed by atoms with Gasteiger partial charge < -0.3 is 10.5 Å². The van der Waals surface area contributed by atoms with Crippen LogP contribution >= 0.6 is 0 Å². The van der Waals surface area contributed by atoms with Crippen LogP contribution in [-0.4, -0.2) is 31.1 Å². The third-order valence-corrected chi connectivity index (χ3v) is 3.37. The van der Waals surface area contributed by atoms with Gasteiger partial charge in [-0.3, -0.25) is 4.90 Å². The van der Waals surface area contributed by atoms with Crippen LogP contribution in [0, 0.1) is 6.92 Å². The van der Waals surface area contributed by atoms with Gasteiger partial charge >= 0.3 is 0 Å². The van der Waals surface area contributed by atoms with Crippen LogP contribution in [0.5, 0.6) is 5.75 Å². The molecule has 0 unspecified atom stereocenters. The van der Waals surface area contributed by atoms with Crippen LogP contribution in [0.2, 0.25) is 0 Å². The lowest BCUT2D eigenvalue weighted by Crippen LogP contribution is -2.33. The summed E-state index contributed by atoms with van der Waals surface area (Å²) in [5.41, 5.74) is 7.68. The molecule has 17 heavy (non-hydrogen) atoms. The van der Waals surface area contributed by atoms with Gasteiger partial charge in [0, 0.05) is 12.2 Å². The van der Waals surface area contributed by atoms with Gasteiger partial charge in [-0.05, 0) is 56.6 Å². The van der Waals surface area contributed by atoms with Crippen molar-refractivity contribution in [1.82, 2.24) is 4.90 Å². The van der Waals surface area contributed by atoms with Crippen molar-refractivity contribution in [1.29, 1.82) is 0 Å². The van der Waals surface area contributed by atoms with Crippen LogP contribution in [0.1, 0.15) is 24.8 Å². The van der Waals surface area contributed by atoms with E-state index in [1.807, 2.05) is 25.1 Å². The molecular formula is C14H22N2O. The number of nitrogens with zero attached hydrogens (tertiary/aromatic N) is 1. The normalized spacial score (nSPS) is 17.0.